The maximum Gasteiger partial charge on any atom is 0.311 e. The molecule has 1 heterocycles. The third-order valence-corrected chi connectivity index (χ3v) is 4.16. The van der Waals surface area contributed by atoms with Gasteiger partial charge in [-0.25, -0.2) is 4.98 Å². The third-order valence-electron chi connectivity index (χ3n) is 3.67. The summed E-state index contributed by atoms with van der Waals surface area (Å²) in [5.74, 6) is 0. The maximum atomic E-state index is 11.4. The molecule has 0 spiro atoms. The van der Waals surface area contributed by atoms with E-state index in [0.29, 0.717) is 22.3 Å². The number of halogens is 1. The number of benzene rings is 2. The van der Waals surface area contributed by atoms with E-state index in [1.807, 2.05) is 6.07 Å². The van der Waals surface area contributed by atoms with E-state index in [1.165, 1.54) is 6.20 Å². The highest BCUT2D eigenvalue weighted by atomic mass is 79.9. The molecule has 0 radical (unpaired) electrons. The number of nitrogens with one attached hydrogen (secondary N) is 1. The average Bonchev–Trinajstić information content (AvgIpc) is 2.55. The van der Waals surface area contributed by atoms with Crippen molar-refractivity contribution in [2.45, 2.75) is 13.0 Å². The second-order valence-electron chi connectivity index (χ2n) is 5.36. The zero-order valence-corrected chi connectivity index (χ0v) is 14.3. The molecular weight excluding hydrogens is 374 g/mol. The van der Waals surface area contributed by atoms with Crippen LogP contribution in [0.3, 0.4) is 0 Å². The second-order valence-corrected chi connectivity index (χ2v) is 6.28. The van der Waals surface area contributed by atoms with Crippen LogP contribution in [0.2, 0.25) is 0 Å². The Morgan fingerprint density at radius 3 is 2.58 bits per heavy atom. The first kappa shape index (κ1) is 16.4. The number of anilines is 2. The van der Waals surface area contributed by atoms with E-state index < -0.39 is 11.0 Å². The fourth-order valence-corrected chi connectivity index (χ4v) is 2.77. The summed E-state index contributed by atoms with van der Waals surface area (Å²) >= 11 is 3.39. The van der Waals surface area contributed by atoms with Crippen molar-refractivity contribution >= 4 is 43.9 Å². The van der Waals surface area contributed by atoms with Gasteiger partial charge in [0.05, 0.1) is 16.5 Å². The van der Waals surface area contributed by atoms with Crippen molar-refractivity contribution in [2.24, 2.45) is 0 Å². The molecule has 0 fully saturated rings. The summed E-state index contributed by atoms with van der Waals surface area (Å²) in [6, 6.07) is 12.5. The number of hydrogen-bond acceptors (Lipinski definition) is 5. The van der Waals surface area contributed by atoms with Gasteiger partial charge < -0.3 is 10.4 Å². The molecule has 1 atom stereocenters. The lowest BCUT2D eigenvalue weighted by Gasteiger charge is -2.11. The highest BCUT2D eigenvalue weighted by Gasteiger charge is 2.18. The van der Waals surface area contributed by atoms with E-state index in [0.717, 1.165) is 10.0 Å². The number of aliphatic hydroxyl groups excluding tert-OH is 1. The summed E-state index contributed by atoms with van der Waals surface area (Å²) in [5, 5.41) is 24.7. The lowest BCUT2D eigenvalue weighted by molar-refractivity contribution is -0.384. The third kappa shape index (κ3) is 3.22. The fourth-order valence-electron chi connectivity index (χ4n) is 2.41. The minimum absolute atomic E-state index is 0.0970. The van der Waals surface area contributed by atoms with Gasteiger partial charge in [-0.05, 0) is 42.8 Å². The summed E-state index contributed by atoms with van der Waals surface area (Å²) in [4.78, 5) is 15.1. The predicted molar refractivity (Wildman–Crippen MR) is 96.5 cm³/mol. The lowest BCUT2D eigenvalue weighted by Crippen LogP contribution is -2.00. The fraction of sp³-hybridized carbons (Fsp3) is 0.118. The minimum atomic E-state index is -0.564. The molecule has 2 N–H and O–H groups in total. The quantitative estimate of drug-likeness (QED) is 0.500. The second kappa shape index (κ2) is 6.54. The SMILES string of the molecule is CC(O)c1ccc(Nc2c([N+](=O)[O-])cnc3ccc(Br)cc23)cc1. The van der Waals surface area contributed by atoms with Crippen molar-refractivity contribution in [3.05, 3.63) is 68.8 Å². The summed E-state index contributed by atoms with van der Waals surface area (Å²) < 4.78 is 0.810. The van der Waals surface area contributed by atoms with E-state index in [-0.39, 0.29) is 5.69 Å². The Morgan fingerprint density at radius 1 is 1.25 bits per heavy atom. The van der Waals surface area contributed by atoms with Crippen molar-refractivity contribution < 1.29 is 10.0 Å². The molecule has 3 aromatic rings. The molecule has 0 aliphatic heterocycles. The van der Waals surface area contributed by atoms with Gasteiger partial charge in [0.15, 0.2) is 0 Å². The number of aliphatic hydroxyl groups is 1. The van der Waals surface area contributed by atoms with E-state index in [1.54, 1.807) is 43.3 Å². The molecule has 6 nitrogen and oxygen atoms in total. The summed E-state index contributed by atoms with van der Waals surface area (Å²) in [6.45, 7) is 1.68. The Hall–Kier alpha value is -2.51. The van der Waals surface area contributed by atoms with E-state index in [4.69, 9.17) is 0 Å². The normalized spacial score (nSPS) is 12.1. The van der Waals surface area contributed by atoms with E-state index >= 15 is 0 Å². The van der Waals surface area contributed by atoms with E-state index in [9.17, 15) is 15.2 Å². The molecule has 2 aromatic carbocycles. The summed E-state index contributed by atoms with van der Waals surface area (Å²) in [6.07, 6.45) is 0.689. The molecule has 0 aliphatic carbocycles. The monoisotopic (exact) mass is 387 g/mol. The minimum Gasteiger partial charge on any atom is -0.389 e. The predicted octanol–water partition coefficient (Wildman–Crippen LogP) is 4.70. The number of fused-ring (bicyclic) bond motifs is 1. The van der Waals surface area contributed by atoms with Crippen LogP contribution < -0.4 is 5.32 Å². The first-order valence-electron chi connectivity index (χ1n) is 7.23. The van der Waals surface area contributed by atoms with Gasteiger partial charge in [0, 0.05) is 15.5 Å². The first-order chi connectivity index (χ1) is 11.5. The molecule has 0 bridgehead atoms. The standard InChI is InChI=1S/C17H14BrN3O3/c1-10(22)11-2-5-13(6-3-11)20-17-14-8-12(18)4-7-15(14)19-9-16(17)21(23)24/h2-10,22H,1H3,(H,19,20). The molecule has 7 heteroatoms. The number of hydrogen-bond donors (Lipinski definition) is 2. The zero-order chi connectivity index (χ0) is 17.3. The first-order valence-corrected chi connectivity index (χ1v) is 8.02. The van der Waals surface area contributed by atoms with E-state index in [2.05, 4.69) is 26.2 Å². The average molecular weight is 388 g/mol. The number of pyridine rings is 1. The van der Waals surface area contributed by atoms with Gasteiger partial charge in [-0.3, -0.25) is 10.1 Å². The van der Waals surface area contributed by atoms with Crippen LogP contribution >= 0.6 is 15.9 Å². The number of nitrogens with zero attached hydrogens (tertiary/aromatic N) is 2. The molecule has 24 heavy (non-hydrogen) atoms. The van der Waals surface area contributed by atoms with Gasteiger partial charge in [0.25, 0.3) is 0 Å². The van der Waals surface area contributed by atoms with Gasteiger partial charge in [-0.1, -0.05) is 28.1 Å². The molecule has 1 unspecified atom stereocenters. The number of rotatable bonds is 4. The van der Waals surface area contributed by atoms with Crippen LogP contribution in [0, 0.1) is 10.1 Å². The number of aromatic nitrogens is 1. The molecule has 0 saturated carbocycles. The zero-order valence-electron chi connectivity index (χ0n) is 12.7. The Morgan fingerprint density at radius 2 is 1.96 bits per heavy atom. The molecule has 0 aliphatic rings. The molecule has 0 saturated heterocycles. The smallest absolute Gasteiger partial charge is 0.311 e. The Bertz CT molecular complexity index is 911. The van der Waals surface area contributed by atoms with Crippen LogP contribution in [-0.4, -0.2) is 15.0 Å². The Balaban J connectivity index is 2.10. The molecule has 0 amide bonds. The molecule has 122 valence electrons. The van der Waals surface area contributed by atoms with Crippen molar-refractivity contribution in [1.82, 2.24) is 4.98 Å². The van der Waals surface area contributed by atoms with Gasteiger partial charge in [0.1, 0.15) is 11.9 Å². The van der Waals surface area contributed by atoms with Gasteiger partial charge in [-0.15, -0.1) is 0 Å². The number of nitro groups is 1. The Labute approximate surface area is 146 Å². The highest BCUT2D eigenvalue weighted by molar-refractivity contribution is 9.10. The van der Waals surface area contributed by atoms with Crippen molar-refractivity contribution in [3.8, 4) is 0 Å². The maximum absolute atomic E-state index is 11.4. The van der Waals surface area contributed by atoms with Crippen LogP contribution in [-0.2, 0) is 0 Å². The van der Waals surface area contributed by atoms with Gasteiger partial charge in [0.2, 0.25) is 0 Å². The Kier molecular flexibility index (Phi) is 4.46. The summed E-state index contributed by atoms with van der Waals surface area (Å²) in [5.41, 5.74) is 2.41. The van der Waals surface area contributed by atoms with Crippen molar-refractivity contribution in [2.75, 3.05) is 5.32 Å². The van der Waals surface area contributed by atoms with Crippen LogP contribution in [0.4, 0.5) is 17.1 Å². The lowest BCUT2D eigenvalue weighted by atomic mass is 10.1. The van der Waals surface area contributed by atoms with Crippen LogP contribution in [0.15, 0.2) is 53.1 Å². The van der Waals surface area contributed by atoms with Gasteiger partial charge in [-0.2, -0.15) is 0 Å². The van der Waals surface area contributed by atoms with Crippen LogP contribution in [0.25, 0.3) is 10.9 Å². The van der Waals surface area contributed by atoms with Gasteiger partial charge >= 0.3 is 5.69 Å². The van der Waals surface area contributed by atoms with Crippen molar-refractivity contribution in [3.63, 3.8) is 0 Å². The largest absolute Gasteiger partial charge is 0.389 e. The molecular formula is C17H14BrN3O3. The van der Waals surface area contributed by atoms with Crippen LogP contribution in [0.5, 0.6) is 0 Å². The molecule has 3 rings (SSSR count). The highest BCUT2D eigenvalue weighted by Crippen LogP contribution is 2.35. The molecule has 1 aromatic heterocycles. The topological polar surface area (TPSA) is 88.3 Å². The summed E-state index contributed by atoms with van der Waals surface area (Å²) in [7, 11) is 0. The van der Waals surface area contributed by atoms with Crippen LogP contribution in [0.1, 0.15) is 18.6 Å². The van der Waals surface area contributed by atoms with Crippen molar-refractivity contribution in [1.29, 1.82) is 0 Å².